The normalized spacial score (nSPS) is 24.8. The Balaban J connectivity index is 2.92. The van der Waals surface area contributed by atoms with Crippen LogP contribution in [0.25, 0.3) is 0 Å². The van der Waals surface area contributed by atoms with Crippen LogP contribution in [0.5, 0.6) is 0 Å². The van der Waals surface area contributed by atoms with Gasteiger partial charge in [0.1, 0.15) is 5.60 Å². The van der Waals surface area contributed by atoms with E-state index in [9.17, 15) is 15.0 Å². The summed E-state index contributed by atoms with van der Waals surface area (Å²) in [5.41, 5.74) is 0.708. The lowest BCUT2D eigenvalue weighted by Crippen LogP contribution is -2.57. The molecule has 1 fully saturated rings. The molecule has 1 amide bonds. The number of aliphatic hydroxyl groups excluding tert-OH is 2. The van der Waals surface area contributed by atoms with Crippen molar-refractivity contribution in [3.8, 4) is 0 Å². The summed E-state index contributed by atoms with van der Waals surface area (Å²) < 4.78 is 12.0. The maximum absolute atomic E-state index is 12.4. The molecule has 160 valence electrons. The van der Waals surface area contributed by atoms with Crippen LogP contribution in [0.1, 0.15) is 62.3 Å². The minimum absolute atomic E-state index is 0.0771. The summed E-state index contributed by atoms with van der Waals surface area (Å²) in [4.78, 5) is 13.9. The van der Waals surface area contributed by atoms with Gasteiger partial charge in [0.2, 0.25) is 0 Å². The first kappa shape index (κ1) is 24.4. The smallest absolute Gasteiger partial charge is 0.410 e. The van der Waals surface area contributed by atoms with Crippen molar-refractivity contribution in [2.75, 3.05) is 19.7 Å². The molecule has 0 bridgehead atoms. The highest BCUT2D eigenvalue weighted by Crippen LogP contribution is 2.42. The molecule has 7 heteroatoms. The van der Waals surface area contributed by atoms with Crippen LogP contribution in [0, 0.1) is 5.92 Å². The van der Waals surface area contributed by atoms with Crippen LogP contribution in [0.4, 0.5) is 4.79 Å². The fourth-order valence-corrected chi connectivity index (χ4v) is 9.99. The summed E-state index contributed by atoms with van der Waals surface area (Å²) >= 11 is 0. The molecular weight excluding hydrogens is 362 g/mol. The molecule has 0 aromatic heterocycles. The van der Waals surface area contributed by atoms with Gasteiger partial charge in [-0.2, -0.15) is 0 Å². The average molecular weight is 404 g/mol. The number of aliphatic hydroxyl groups is 2. The highest BCUT2D eigenvalue weighted by atomic mass is 28.4. The fraction of sp³-hybridized carbons (Fsp3) is 0.950. The number of β-amino-alcohol motifs (C(OH)–C–C–N with tert-alkyl or cyclic N) is 1. The Kier molecular flexibility index (Phi) is 8.35. The molecule has 1 aliphatic rings. The van der Waals surface area contributed by atoms with Crippen molar-refractivity contribution in [2.24, 2.45) is 5.92 Å². The number of piperidine rings is 1. The number of ether oxygens (including phenoxy) is 1. The molecule has 3 atom stereocenters. The number of hydrogen-bond acceptors (Lipinski definition) is 5. The first-order valence-corrected chi connectivity index (χ1v) is 12.3. The van der Waals surface area contributed by atoms with E-state index in [4.69, 9.17) is 9.16 Å². The second-order valence-electron chi connectivity index (χ2n) is 9.83. The monoisotopic (exact) mass is 403 g/mol. The third kappa shape index (κ3) is 5.92. The molecule has 1 aliphatic heterocycles. The van der Waals surface area contributed by atoms with Crippen molar-refractivity contribution in [1.82, 2.24) is 4.90 Å². The zero-order valence-electron chi connectivity index (χ0n) is 18.7. The predicted octanol–water partition coefficient (Wildman–Crippen LogP) is 3.77. The lowest BCUT2D eigenvalue weighted by Gasteiger charge is -2.45. The first-order chi connectivity index (χ1) is 12.2. The Morgan fingerprint density at radius 3 is 1.93 bits per heavy atom. The molecule has 0 unspecified atom stereocenters. The lowest BCUT2D eigenvalue weighted by atomic mass is 9.93. The highest BCUT2D eigenvalue weighted by Gasteiger charge is 2.47. The third-order valence-electron chi connectivity index (χ3n) is 5.65. The molecule has 1 heterocycles. The summed E-state index contributed by atoms with van der Waals surface area (Å²) in [5.74, 6) is -0.329. The molecule has 0 radical (unpaired) electrons. The van der Waals surface area contributed by atoms with E-state index in [-0.39, 0.29) is 12.5 Å². The minimum Gasteiger partial charge on any atom is -0.444 e. The fourth-order valence-electron chi connectivity index (χ4n) is 4.49. The molecule has 0 saturated carbocycles. The van der Waals surface area contributed by atoms with E-state index in [1.165, 1.54) is 4.90 Å². The van der Waals surface area contributed by atoms with Gasteiger partial charge in [-0.15, -0.1) is 0 Å². The maximum atomic E-state index is 12.4. The average Bonchev–Trinajstić information content (AvgIpc) is 2.48. The molecule has 6 nitrogen and oxygen atoms in total. The van der Waals surface area contributed by atoms with Gasteiger partial charge in [0.05, 0.1) is 18.8 Å². The summed E-state index contributed by atoms with van der Waals surface area (Å²) in [6, 6.07) is 0. The van der Waals surface area contributed by atoms with Crippen molar-refractivity contribution in [1.29, 1.82) is 0 Å². The van der Waals surface area contributed by atoms with Crippen LogP contribution >= 0.6 is 0 Å². The predicted molar refractivity (Wildman–Crippen MR) is 110 cm³/mol. The van der Waals surface area contributed by atoms with Crippen LogP contribution in [-0.2, 0) is 9.16 Å². The van der Waals surface area contributed by atoms with Gasteiger partial charge in [0.15, 0.2) is 8.32 Å². The minimum atomic E-state index is -2.08. The number of rotatable bonds is 6. The first-order valence-electron chi connectivity index (χ1n) is 10.2. The van der Waals surface area contributed by atoms with Gasteiger partial charge in [0, 0.05) is 19.1 Å². The van der Waals surface area contributed by atoms with E-state index in [1.807, 2.05) is 20.8 Å². The summed E-state index contributed by atoms with van der Waals surface area (Å²) in [6.07, 6.45) is -2.35. The third-order valence-corrected chi connectivity index (χ3v) is 11.7. The number of likely N-dealkylation sites (tertiary alicyclic amines) is 1. The molecule has 0 aromatic carbocycles. The lowest BCUT2D eigenvalue weighted by molar-refractivity contribution is -0.0861. The van der Waals surface area contributed by atoms with Gasteiger partial charge in [-0.3, -0.25) is 0 Å². The van der Waals surface area contributed by atoms with E-state index in [0.29, 0.717) is 29.8 Å². The molecule has 0 aromatic rings. The molecule has 1 rings (SSSR count). The van der Waals surface area contributed by atoms with Gasteiger partial charge in [-0.1, -0.05) is 41.5 Å². The number of hydrogen-bond donors (Lipinski definition) is 2. The van der Waals surface area contributed by atoms with E-state index >= 15 is 0 Å². The van der Waals surface area contributed by atoms with Gasteiger partial charge in [0.25, 0.3) is 0 Å². The summed E-state index contributed by atoms with van der Waals surface area (Å²) in [6.45, 7) is 19.5. The van der Waals surface area contributed by atoms with Crippen LogP contribution in [0.3, 0.4) is 0 Å². The van der Waals surface area contributed by atoms with Crippen molar-refractivity contribution in [2.45, 2.75) is 96.7 Å². The van der Waals surface area contributed by atoms with Gasteiger partial charge in [-0.25, -0.2) is 4.79 Å². The molecule has 2 N–H and O–H groups in total. The molecule has 0 spiro atoms. The molecule has 0 aliphatic carbocycles. The van der Waals surface area contributed by atoms with Crippen molar-refractivity contribution in [3.63, 3.8) is 0 Å². The summed E-state index contributed by atoms with van der Waals surface area (Å²) in [7, 11) is -2.08. The highest BCUT2D eigenvalue weighted by molar-refractivity contribution is 6.77. The second-order valence-corrected chi connectivity index (χ2v) is 15.3. The Bertz CT molecular complexity index is 467. The number of amides is 1. The van der Waals surface area contributed by atoms with E-state index < -0.39 is 32.2 Å². The van der Waals surface area contributed by atoms with Crippen molar-refractivity contribution in [3.05, 3.63) is 0 Å². The van der Waals surface area contributed by atoms with Crippen LogP contribution < -0.4 is 0 Å². The van der Waals surface area contributed by atoms with Crippen molar-refractivity contribution >= 4 is 14.4 Å². The van der Waals surface area contributed by atoms with Crippen LogP contribution in [-0.4, -0.2) is 67.0 Å². The number of carbonyl (C=O) groups is 1. The number of carbonyl (C=O) groups excluding carboxylic acids is 1. The molecule has 27 heavy (non-hydrogen) atoms. The van der Waals surface area contributed by atoms with E-state index in [0.717, 1.165) is 0 Å². The van der Waals surface area contributed by atoms with E-state index in [2.05, 4.69) is 41.5 Å². The van der Waals surface area contributed by atoms with E-state index in [1.54, 1.807) is 0 Å². The summed E-state index contributed by atoms with van der Waals surface area (Å²) in [5, 5.41) is 20.8. The van der Waals surface area contributed by atoms with Crippen LogP contribution in [0.2, 0.25) is 16.6 Å². The Morgan fingerprint density at radius 2 is 1.52 bits per heavy atom. The van der Waals surface area contributed by atoms with Crippen LogP contribution in [0.15, 0.2) is 0 Å². The zero-order chi connectivity index (χ0) is 21.2. The quantitative estimate of drug-likeness (QED) is 0.660. The molecular formula is C20H41NO5Si. The second kappa shape index (κ2) is 9.24. The van der Waals surface area contributed by atoms with Gasteiger partial charge in [-0.05, 0) is 37.4 Å². The Labute approximate surface area is 166 Å². The molecule has 1 saturated heterocycles. The maximum Gasteiger partial charge on any atom is 0.410 e. The SMILES string of the molecule is CC(C)[Si](OC[C@H]1CN(C(=O)OC(C)(C)C)C[C@@H](O)[C@@H]1O)(C(C)C)C(C)C. The Morgan fingerprint density at radius 1 is 1.04 bits per heavy atom. The standard InChI is InChI=1S/C20H41NO5Si/c1-13(2)27(14(3)4,15(5)6)25-12-16-10-21(11-17(22)18(16)23)19(24)26-20(7,8)9/h13-18,22-23H,10-12H2,1-9H3/t16-,17-,18-/m1/s1. The topological polar surface area (TPSA) is 79.2 Å². The van der Waals surface area contributed by atoms with Crippen molar-refractivity contribution < 1.29 is 24.2 Å². The number of nitrogens with zero attached hydrogens (tertiary/aromatic N) is 1. The van der Waals surface area contributed by atoms with Gasteiger partial charge < -0.3 is 24.3 Å². The van der Waals surface area contributed by atoms with Gasteiger partial charge >= 0.3 is 6.09 Å². The largest absolute Gasteiger partial charge is 0.444 e. The zero-order valence-corrected chi connectivity index (χ0v) is 19.7. The Hall–Kier alpha value is -0.633.